The molecule has 2 aromatic carbocycles. The highest BCUT2D eigenvalue weighted by molar-refractivity contribution is 6.37. The van der Waals surface area contributed by atoms with Crippen molar-refractivity contribution in [2.45, 2.75) is 13.3 Å². The summed E-state index contributed by atoms with van der Waals surface area (Å²) in [6.07, 6.45) is -0.0954. The molecule has 4 amide bonds. The third-order valence-corrected chi connectivity index (χ3v) is 4.64. The smallest absolute Gasteiger partial charge is 0.298 e. The van der Waals surface area contributed by atoms with Crippen LogP contribution in [-0.4, -0.2) is 35.6 Å². The van der Waals surface area contributed by atoms with Gasteiger partial charge in [-0.2, -0.15) is 0 Å². The average molecular weight is 350 g/mol. The number of urea groups is 1. The molecule has 3 rings (SSSR count). The van der Waals surface area contributed by atoms with Crippen LogP contribution in [0.3, 0.4) is 0 Å². The third kappa shape index (κ3) is 2.60. The summed E-state index contributed by atoms with van der Waals surface area (Å²) in [5.74, 6) is -2.19. The van der Waals surface area contributed by atoms with Crippen molar-refractivity contribution in [3.63, 3.8) is 0 Å². The second-order valence-electron chi connectivity index (χ2n) is 6.25. The minimum absolute atomic E-state index is 0.0954. The van der Waals surface area contributed by atoms with Crippen LogP contribution in [0.25, 0.3) is 0 Å². The van der Waals surface area contributed by atoms with E-state index in [0.29, 0.717) is 11.3 Å². The molecule has 0 aliphatic carbocycles. The molecule has 6 heteroatoms. The number of Topliss-reactive ketones (excluding diaryl/α,β-unsaturated/α-hetero) is 1. The van der Waals surface area contributed by atoms with Crippen molar-refractivity contribution in [2.75, 3.05) is 11.9 Å². The fourth-order valence-electron chi connectivity index (χ4n) is 3.18. The highest BCUT2D eigenvalue weighted by Gasteiger charge is 2.59. The Morgan fingerprint density at radius 1 is 0.885 bits per heavy atom. The molecule has 1 fully saturated rings. The number of anilines is 1. The van der Waals surface area contributed by atoms with Gasteiger partial charge in [-0.3, -0.25) is 19.3 Å². The molecule has 0 radical (unpaired) electrons. The lowest BCUT2D eigenvalue weighted by Gasteiger charge is -2.41. The number of benzene rings is 2. The molecular formula is C20H18N2O4. The standard InChI is InChI=1S/C20H18N2O4/c1-14(23)20(13-15-9-5-3-6-10-15)17(24)21(2)19(26)22(18(20)25)16-11-7-4-8-12-16/h3-12H,13H2,1-2H3. The number of hydrogen-bond donors (Lipinski definition) is 0. The van der Waals surface area contributed by atoms with E-state index in [1.54, 1.807) is 60.7 Å². The van der Waals surface area contributed by atoms with Gasteiger partial charge in [0.2, 0.25) is 0 Å². The number of hydrogen-bond acceptors (Lipinski definition) is 4. The quantitative estimate of drug-likeness (QED) is 0.794. The fraction of sp³-hybridized carbons (Fsp3) is 0.200. The van der Waals surface area contributed by atoms with Gasteiger partial charge < -0.3 is 0 Å². The molecule has 6 nitrogen and oxygen atoms in total. The first-order valence-corrected chi connectivity index (χ1v) is 8.16. The Balaban J connectivity index is 2.15. The Kier molecular flexibility index (Phi) is 4.42. The Hall–Kier alpha value is -3.28. The Labute approximate surface area is 151 Å². The van der Waals surface area contributed by atoms with Crippen molar-refractivity contribution in [2.24, 2.45) is 5.41 Å². The van der Waals surface area contributed by atoms with E-state index in [1.165, 1.54) is 14.0 Å². The zero-order valence-corrected chi connectivity index (χ0v) is 14.5. The van der Waals surface area contributed by atoms with Crippen LogP contribution in [0.15, 0.2) is 60.7 Å². The van der Waals surface area contributed by atoms with Gasteiger partial charge in [0.25, 0.3) is 11.8 Å². The van der Waals surface area contributed by atoms with Gasteiger partial charge in [0.1, 0.15) is 0 Å². The van der Waals surface area contributed by atoms with E-state index >= 15 is 0 Å². The van der Waals surface area contributed by atoms with Crippen molar-refractivity contribution >= 4 is 29.3 Å². The van der Waals surface area contributed by atoms with Crippen LogP contribution < -0.4 is 4.90 Å². The first-order valence-electron chi connectivity index (χ1n) is 8.16. The van der Waals surface area contributed by atoms with Crippen LogP contribution in [-0.2, 0) is 20.8 Å². The summed E-state index contributed by atoms with van der Waals surface area (Å²) in [5.41, 5.74) is -0.972. The van der Waals surface area contributed by atoms with Crippen LogP contribution in [0.4, 0.5) is 10.5 Å². The maximum absolute atomic E-state index is 13.3. The topological polar surface area (TPSA) is 74.8 Å². The minimum atomic E-state index is -1.96. The molecule has 1 unspecified atom stereocenters. The van der Waals surface area contributed by atoms with E-state index in [1.807, 2.05) is 0 Å². The summed E-state index contributed by atoms with van der Waals surface area (Å²) >= 11 is 0. The molecular weight excluding hydrogens is 332 g/mol. The number of amides is 4. The lowest BCUT2D eigenvalue weighted by Crippen LogP contribution is -2.67. The monoisotopic (exact) mass is 350 g/mol. The van der Waals surface area contributed by atoms with Crippen LogP contribution in [0.5, 0.6) is 0 Å². The van der Waals surface area contributed by atoms with Crippen LogP contribution in [0.2, 0.25) is 0 Å². The minimum Gasteiger partial charge on any atom is -0.298 e. The van der Waals surface area contributed by atoms with Gasteiger partial charge in [0.15, 0.2) is 11.2 Å². The predicted octanol–water partition coefficient (Wildman–Crippen LogP) is 2.43. The number of barbiturate groups is 1. The zero-order valence-electron chi connectivity index (χ0n) is 14.5. The summed E-state index contributed by atoms with van der Waals surface area (Å²) in [6.45, 7) is 1.21. The highest BCUT2D eigenvalue weighted by Crippen LogP contribution is 2.36. The largest absolute Gasteiger partial charge is 0.337 e. The molecule has 0 bridgehead atoms. The third-order valence-electron chi connectivity index (χ3n) is 4.64. The van der Waals surface area contributed by atoms with Crippen LogP contribution in [0.1, 0.15) is 12.5 Å². The van der Waals surface area contributed by atoms with E-state index < -0.39 is 29.0 Å². The van der Waals surface area contributed by atoms with Crippen molar-refractivity contribution in [1.82, 2.24) is 4.90 Å². The molecule has 26 heavy (non-hydrogen) atoms. The van der Waals surface area contributed by atoms with Crippen molar-refractivity contribution in [3.8, 4) is 0 Å². The Morgan fingerprint density at radius 3 is 1.96 bits per heavy atom. The predicted molar refractivity (Wildman–Crippen MR) is 95.4 cm³/mol. The number of rotatable bonds is 4. The molecule has 0 spiro atoms. The average Bonchev–Trinajstić information content (AvgIpc) is 2.65. The van der Waals surface area contributed by atoms with Gasteiger partial charge in [-0.05, 0) is 24.6 Å². The molecule has 0 N–H and O–H groups in total. The molecule has 0 aromatic heterocycles. The van der Waals surface area contributed by atoms with Gasteiger partial charge in [-0.25, -0.2) is 9.69 Å². The molecule has 0 saturated carbocycles. The lowest BCUT2D eigenvalue weighted by atomic mass is 9.74. The molecule has 1 aliphatic heterocycles. The second kappa shape index (κ2) is 6.55. The van der Waals surface area contributed by atoms with Gasteiger partial charge in [-0.1, -0.05) is 48.5 Å². The number of carbonyl (C=O) groups excluding carboxylic acids is 4. The normalized spacial score (nSPS) is 20.5. The van der Waals surface area contributed by atoms with Crippen molar-refractivity contribution < 1.29 is 19.2 Å². The fourth-order valence-corrected chi connectivity index (χ4v) is 3.18. The Bertz CT molecular complexity index is 879. The molecule has 1 aliphatic rings. The molecule has 2 aromatic rings. The molecule has 1 saturated heterocycles. The number of para-hydroxylation sites is 1. The lowest BCUT2D eigenvalue weighted by molar-refractivity contribution is -0.154. The SMILES string of the molecule is CC(=O)C1(Cc2ccccc2)C(=O)N(C)C(=O)N(c2ccccc2)C1=O. The van der Waals surface area contributed by atoms with Gasteiger partial charge in [0.05, 0.1) is 5.69 Å². The van der Waals surface area contributed by atoms with E-state index in [2.05, 4.69) is 0 Å². The summed E-state index contributed by atoms with van der Waals surface area (Å²) in [6, 6.07) is 16.4. The van der Waals surface area contributed by atoms with Crippen molar-refractivity contribution in [1.29, 1.82) is 0 Å². The second-order valence-corrected chi connectivity index (χ2v) is 6.25. The maximum Gasteiger partial charge on any atom is 0.337 e. The van der Waals surface area contributed by atoms with Gasteiger partial charge >= 0.3 is 6.03 Å². The van der Waals surface area contributed by atoms with E-state index in [4.69, 9.17) is 0 Å². The van der Waals surface area contributed by atoms with E-state index in [0.717, 1.165) is 9.80 Å². The summed E-state index contributed by atoms with van der Waals surface area (Å²) in [4.78, 5) is 53.2. The first kappa shape index (κ1) is 17.5. The highest BCUT2D eigenvalue weighted by atomic mass is 16.2. The number of imide groups is 2. The molecule has 1 heterocycles. The maximum atomic E-state index is 13.3. The van der Waals surface area contributed by atoms with Crippen LogP contribution in [0, 0.1) is 5.41 Å². The van der Waals surface area contributed by atoms with Gasteiger partial charge in [0, 0.05) is 13.5 Å². The molecule has 132 valence electrons. The Morgan fingerprint density at radius 2 is 1.42 bits per heavy atom. The summed E-state index contributed by atoms with van der Waals surface area (Å²) in [5, 5.41) is 0. The van der Waals surface area contributed by atoms with Crippen LogP contribution >= 0.6 is 0 Å². The first-order chi connectivity index (χ1) is 12.4. The van der Waals surface area contributed by atoms with Crippen molar-refractivity contribution in [3.05, 3.63) is 66.2 Å². The number of carbonyl (C=O) groups is 4. The zero-order chi connectivity index (χ0) is 18.9. The summed E-state index contributed by atoms with van der Waals surface area (Å²) in [7, 11) is 1.29. The summed E-state index contributed by atoms with van der Waals surface area (Å²) < 4.78 is 0. The number of nitrogens with zero attached hydrogens (tertiary/aromatic N) is 2. The van der Waals surface area contributed by atoms with E-state index in [9.17, 15) is 19.2 Å². The molecule has 1 atom stereocenters. The van der Waals surface area contributed by atoms with Gasteiger partial charge in [-0.15, -0.1) is 0 Å². The number of ketones is 1. The van der Waals surface area contributed by atoms with E-state index in [-0.39, 0.29) is 6.42 Å².